The number of aromatic nitrogens is 5. The van der Waals surface area contributed by atoms with Crippen LogP contribution in [0.1, 0.15) is 18.7 Å². The third kappa shape index (κ3) is 3.37. The van der Waals surface area contributed by atoms with E-state index in [1.807, 2.05) is 10.7 Å². The molecule has 21 heavy (non-hydrogen) atoms. The minimum absolute atomic E-state index is 0.289. The molecular weight excluding hydrogens is 284 g/mol. The van der Waals surface area contributed by atoms with Crippen molar-refractivity contribution in [3.8, 4) is 10.6 Å². The van der Waals surface area contributed by atoms with Crippen molar-refractivity contribution in [2.24, 2.45) is 0 Å². The molecule has 0 spiro atoms. The van der Waals surface area contributed by atoms with Crippen molar-refractivity contribution in [3.05, 3.63) is 41.9 Å². The fraction of sp³-hybridized carbons (Fsp3) is 0.357. The van der Waals surface area contributed by atoms with Crippen LogP contribution in [0.3, 0.4) is 0 Å². The topological polar surface area (TPSA) is 62.6 Å². The van der Waals surface area contributed by atoms with Gasteiger partial charge in [0.15, 0.2) is 0 Å². The van der Waals surface area contributed by atoms with Crippen LogP contribution in [0.5, 0.6) is 0 Å². The predicted octanol–water partition coefficient (Wildman–Crippen LogP) is 2.42. The smallest absolute Gasteiger partial charge is 0.137 e. The Morgan fingerprint density at radius 1 is 1.48 bits per heavy atom. The molecule has 0 saturated carbocycles. The highest BCUT2D eigenvalue weighted by atomic mass is 32.1. The summed E-state index contributed by atoms with van der Waals surface area (Å²) in [5.41, 5.74) is 2.13. The fourth-order valence-corrected chi connectivity index (χ4v) is 3.01. The van der Waals surface area contributed by atoms with Gasteiger partial charge in [0.05, 0.1) is 10.9 Å². The molecule has 0 aliphatic heterocycles. The minimum atomic E-state index is 0.289. The molecule has 0 aliphatic carbocycles. The number of H-pyrrole nitrogens is 1. The van der Waals surface area contributed by atoms with Gasteiger partial charge in [0.2, 0.25) is 0 Å². The van der Waals surface area contributed by atoms with Crippen molar-refractivity contribution in [1.29, 1.82) is 0 Å². The maximum atomic E-state index is 4.37. The van der Waals surface area contributed by atoms with E-state index < -0.39 is 0 Å². The molecule has 3 aromatic heterocycles. The first-order valence-corrected chi connectivity index (χ1v) is 7.71. The van der Waals surface area contributed by atoms with Crippen molar-refractivity contribution < 1.29 is 0 Å². The molecule has 1 atom stereocenters. The van der Waals surface area contributed by atoms with Crippen LogP contribution in [0.2, 0.25) is 0 Å². The third-order valence-corrected chi connectivity index (χ3v) is 4.20. The Hall–Kier alpha value is -1.99. The van der Waals surface area contributed by atoms with Gasteiger partial charge in [-0.2, -0.15) is 10.2 Å². The van der Waals surface area contributed by atoms with Gasteiger partial charge in [-0.3, -0.25) is 10.00 Å². The molecule has 0 amide bonds. The maximum Gasteiger partial charge on any atom is 0.137 e. The average molecular weight is 302 g/mol. The Kier molecular flexibility index (Phi) is 4.12. The normalized spacial score (nSPS) is 12.9. The molecule has 0 aromatic carbocycles. The standard InChI is InChI=1S/C14H18N6S/c1-11(20-10-15-9-16-20)7-19(2)8-12-6-13(18-17-12)14-4-3-5-21-14/h3-6,9-11H,7-8H2,1-2H3,(H,17,18). The Balaban J connectivity index is 1.59. The van der Waals surface area contributed by atoms with Crippen molar-refractivity contribution in [3.63, 3.8) is 0 Å². The number of hydrogen-bond donors (Lipinski definition) is 1. The summed E-state index contributed by atoms with van der Waals surface area (Å²) in [5, 5.41) is 13.7. The number of hydrogen-bond acceptors (Lipinski definition) is 5. The lowest BCUT2D eigenvalue weighted by Gasteiger charge is -2.20. The van der Waals surface area contributed by atoms with Crippen molar-refractivity contribution >= 4 is 11.3 Å². The molecular formula is C14H18N6S. The van der Waals surface area contributed by atoms with Crippen molar-refractivity contribution in [2.45, 2.75) is 19.5 Å². The number of aromatic amines is 1. The summed E-state index contributed by atoms with van der Waals surface area (Å²) in [6, 6.07) is 6.53. The second-order valence-corrected chi connectivity index (χ2v) is 6.12. The van der Waals surface area contributed by atoms with Crippen LogP contribution in [-0.2, 0) is 6.54 Å². The minimum Gasteiger partial charge on any atom is -0.298 e. The van der Waals surface area contributed by atoms with Crippen LogP contribution in [0.15, 0.2) is 36.2 Å². The van der Waals surface area contributed by atoms with Gasteiger partial charge in [-0.15, -0.1) is 11.3 Å². The molecule has 0 bridgehead atoms. The fourth-order valence-electron chi connectivity index (χ4n) is 2.33. The molecule has 0 fully saturated rings. The summed E-state index contributed by atoms with van der Waals surface area (Å²) in [6.45, 7) is 3.86. The molecule has 1 unspecified atom stereocenters. The van der Waals surface area contributed by atoms with Gasteiger partial charge >= 0.3 is 0 Å². The highest BCUT2D eigenvalue weighted by Gasteiger charge is 2.11. The molecule has 0 aliphatic rings. The Morgan fingerprint density at radius 3 is 3.10 bits per heavy atom. The van der Waals surface area contributed by atoms with E-state index in [2.05, 4.69) is 56.7 Å². The van der Waals surface area contributed by atoms with Gasteiger partial charge in [-0.25, -0.2) is 9.67 Å². The van der Waals surface area contributed by atoms with Crippen LogP contribution < -0.4 is 0 Å². The highest BCUT2D eigenvalue weighted by Crippen LogP contribution is 2.23. The van der Waals surface area contributed by atoms with Crippen LogP contribution in [0, 0.1) is 0 Å². The zero-order valence-corrected chi connectivity index (χ0v) is 12.9. The van der Waals surface area contributed by atoms with Crippen molar-refractivity contribution in [2.75, 3.05) is 13.6 Å². The van der Waals surface area contributed by atoms with Gasteiger partial charge in [0.25, 0.3) is 0 Å². The summed E-state index contributed by atoms with van der Waals surface area (Å²) in [7, 11) is 2.10. The number of nitrogens with zero attached hydrogens (tertiary/aromatic N) is 5. The van der Waals surface area contributed by atoms with Crippen molar-refractivity contribution in [1.82, 2.24) is 29.9 Å². The van der Waals surface area contributed by atoms with Crippen LogP contribution in [-0.4, -0.2) is 43.5 Å². The summed E-state index contributed by atoms with van der Waals surface area (Å²) in [4.78, 5) is 7.42. The van der Waals surface area contributed by atoms with E-state index in [1.165, 1.54) is 4.88 Å². The number of thiophene rings is 1. The first-order valence-electron chi connectivity index (χ1n) is 6.83. The van der Waals surface area contributed by atoms with Gasteiger partial charge in [-0.05, 0) is 31.5 Å². The second-order valence-electron chi connectivity index (χ2n) is 5.18. The van der Waals surface area contributed by atoms with Crippen LogP contribution in [0.25, 0.3) is 10.6 Å². The van der Waals surface area contributed by atoms with E-state index in [4.69, 9.17) is 0 Å². The van der Waals surface area contributed by atoms with Crippen LogP contribution in [0.4, 0.5) is 0 Å². The van der Waals surface area contributed by atoms with E-state index in [-0.39, 0.29) is 6.04 Å². The van der Waals surface area contributed by atoms with Gasteiger partial charge in [0.1, 0.15) is 18.3 Å². The summed E-state index contributed by atoms with van der Waals surface area (Å²) in [5.74, 6) is 0. The lowest BCUT2D eigenvalue weighted by atomic mass is 10.3. The van der Waals surface area contributed by atoms with Gasteiger partial charge in [0, 0.05) is 18.8 Å². The predicted molar refractivity (Wildman–Crippen MR) is 83.0 cm³/mol. The second kappa shape index (κ2) is 6.19. The molecule has 3 rings (SSSR count). The van der Waals surface area contributed by atoms with Gasteiger partial charge in [-0.1, -0.05) is 6.07 Å². The molecule has 3 heterocycles. The molecule has 3 aromatic rings. The molecule has 6 nitrogen and oxygen atoms in total. The quantitative estimate of drug-likeness (QED) is 0.759. The number of nitrogens with one attached hydrogen (secondary N) is 1. The van der Waals surface area contributed by atoms with E-state index in [9.17, 15) is 0 Å². The maximum absolute atomic E-state index is 4.37. The van der Waals surface area contributed by atoms with E-state index in [0.29, 0.717) is 0 Å². The lowest BCUT2D eigenvalue weighted by Crippen LogP contribution is -2.26. The Bertz CT molecular complexity index is 658. The SMILES string of the molecule is CC(CN(C)Cc1cc(-c2cccs2)n[nH]1)n1cncn1. The summed E-state index contributed by atoms with van der Waals surface area (Å²) in [6.07, 6.45) is 3.32. The third-order valence-electron chi connectivity index (χ3n) is 3.31. The molecule has 110 valence electrons. The Labute approximate surface area is 127 Å². The molecule has 7 heteroatoms. The van der Waals surface area contributed by atoms with Gasteiger partial charge < -0.3 is 0 Å². The first-order chi connectivity index (χ1) is 10.2. The lowest BCUT2D eigenvalue weighted by molar-refractivity contribution is 0.266. The molecule has 1 N–H and O–H groups in total. The van der Waals surface area contributed by atoms with E-state index in [0.717, 1.165) is 24.5 Å². The Morgan fingerprint density at radius 2 is 2.38 bits per heavy atom. The molecule has 0 saturated heterocycles. The largest absolute Gasteiger partial charge is 0.298 e. The highest BCUT2D eigenvalue weighted by molar-refractivity contribution is 7.13. The number of likely N-dealkylation sites (N-methyl/N-ethyl adjacent to an activating group) is 1. The summed E-state index contributed by atoms with van der Waals surface area (Å²) < 4.78 is 1.88. The monoisotopic (exact) mass is 302 g/mol. The summed E-state index contributed by atoms with van der Waals surface area (Å²) >= 11 is 1.70. The average Bonchev–Trinajstić information content (AvgIpc) is 3.21. The van der Waals surface area contributed by atoms with E-state index in [1.54, 1.807) is 24.0 Å². The van der Waals surface area contributed by atoms with Crippen LogP contribution >= 0.6 is 11.3 Å². The first kappa shape index (κ1) is 14.0. The zero-order chi connectivity index (χ0) is 14.7. The van der Waals surface area contributed by atoms with E-state index >= 15 is 0 Å². The number of rotatable bonds is 6. The zero-order valence-electron chi connectivity index (χ0n) is 12.1. The molecule has 0 radical (unpaired) electrons.